The molecule has 0 unspecified atom stereocenters. The van der Waals surface area contributed by atoms with Crippen LogP contribution in [0.25, 0.3) is 0 Å². The lowest BCUT2D eigenvalue weighted by molar-refractivity contribution is -0.111. The second-order valence-electron chi connectivity index (χ2n) is 2.84. The number of benzene rings is 1. The third-order valence-electron chi connectivity index (χ3n) is 1.75. The van der Waals surface area contributed by atoms with Crippen LogP contribution < -0.4 is 10.1 Å². The molecule has 0 atom stereocenters. The fourth-order valence-corrected chi connectivity index (χ4v) is 1.40. The second-order valence-corrected chi connectivity index (χ2v) is 3.69. The normalized spacial score (nSPS) is 10.3. The maximum atomic E-state index is 11.3. The van der Waals surface area contributed by atoms with Gasteiger partial charge < -0.3 is 10.1 Å². The van der Waals surface area contributed by atoms with Gasteiger partial charge in [0.05, 0.1) is 12.8 Å². The fourth-order valence-electron chi connectivity index (χ4n) is 1.05. The molecule has 1 amide bonds. The van der Waals surface area contributed by atoms with Gasteiger partial charge in [-0.3, -0.25) is 4.79 Å². The summed E-state index contributed by atoms with van der Waals surface area (Å²) < 4.78 is 5.88. The van der Waals surface area contributed by atoms with Gasteiger partial charge in [0, 0.05) is 10.5 Å². The third-order valence-corrected chi connectivity index (χ3v) is 2.44. The Bertz CT molecular complexity index is 388. The van der Waals surface area contributed by atoms with Gasteiger partial charge in [-0.15, -0.1) is 0 Å². The predicted molar refractivity (Wildman–Crippen MR) is 64.1 cm³/mol. The van der Waals surface area contributed by atoms with Crippen LogP contribution in [0.2, 0.25) is 0 Å². The number of ether oxygens (including phenoxy) is 1. The number of hydrogen-bond donors (Lipinski definition) is 1. The molecular weight excluding hydrogens is 258 g/mol. The van der Waals surface area contributed by atoms with E-state index in [1.807, 2.05) is 12.1 Å². The van der Waals surface area contributed by atoms with Gasteiger partial charge in [-0.25, -0.2) is 0 Å². The summed E-state index contributed by atoms with van der Waals surface area (Å²) in [5, 5.41) is 2.73. The molecule has 0 saturated heterocycles. The number of hydrogen-bond acceptors (Lipinski definition) is 2. The van der Waals surface area contributed by atoms with E-state index in [9.17, 15) is 4.79 Å². The summed E-state index contributed by atoms with van der Waals surface area (Å²) in [5.74, 6) is 0.542. The van der Waals surface area contributed by atoms with E-state index in [4.69, 9.17) is 4.74 Å². The minimum Gasteiger partial charge on any atom is -0.497 e. The van der Waals surface area contributed by atoms with Crippen molar-refractivity contribution in [1.82, 2.24) is 0 Å². The highest BCUT2D eigenvalue weighted by Gasteiger charge is 2.04. The molecule has 0 saturated carbocycles. The summed E-state index contributed by atoms with van der Waals surface area (Å²) in [4.78, 5) is 11.3. The Morgan fingerprint density at radius 2 is 2.27 bits per heavy atom. The molecule has 0 aromatic heterocycles. The van der Waals surface area contributed by atoms with Crippen LogP contribution in [0.1, 0.15) is 6.92 Å². The number of nitrogens with one attached hydrogen (secondary N) is 1. The van der Waals surface area contributed by atoms with Gasteiger partial charge in [-0.1, -0.05) is 6.08 Å². The lowest BCUT2D eigenvalue weighted by atomic mass is 10.3. The lowest BCUT2D eigenvalue weighted by Gasteiger charge is -2.07. The van der Waals surface area contributed by atoms with Crippen LogP contribution in [-0.2, 0) is 4.79 Å². The summed E-state index contributed by atoms with van der Waals surface area (Å²) in [5.41, 5.74) is 0.692. The maximum Gasteiger partial charge on any atom is 0.248 e. The Morgan fingerprint density at radius 3 is 2.87 bits per heavy atom. The number of allylic oxidation sites excluding steroid dienone is 1. The molecule has 1 aromatic rings. The molecule has 1 N–H and O–H groups in total. The van der Waals surface area contributed by atoms with Crippen molar-refractivity contribution in [3.8, 4) is 5.75 Å². The van der Waals surface area contributed by atoms with Gasteiger partial charge >= 0.3 is 0 Å². The molecule has 0 radical (unpaired) electrons. The van der Waals surface area contributed by atoms with E-state index in [0.717, 1.165) is 4.47 Å². The van der Waals surface area contributed by atoms with Crippen LogP contribution in [-0.4, -0.2) is 13.0 Å². The first kappa shape index (κ1) is 11.8. The van der Waals surface area contributed by atoms with Gasteiger partial charge in [0.15, 0.2) is 0 Å². The molecule has 1 rings (SSSR count). The van der Waals surface area contributed by atoms with Crippen LogP contribution in [0.15, 0.2) is 34.8 Å². The predicted octanol–water partition coefficient (Wildman–Crippen LogP) is 2.97. The van der Waals surface area contributed by atoms with Crippen molar-refractivity contribution < 1.29 is 9.53 Å². The van der Waals surface area contributed by atoms with Crippen molar-refractivity contribution in [3.63, 3.8) is 0 Å². The van der Waals surface area contributed by atoms with E-state index in [1.54, 1.807) is 26.2 Å². The number of carbonyl (C=O) groups excluding carboxylic acids is 1. The van der Waals surface area contributed by atoms with E-state index < -0.39 is 0 Å². The van der Waals surface area contributed by atoms with Crippen molar-refractivity contribution in [2.24, 2.45) is 0 Å². The lowest BCUT2D eigenvalue weighted by Crippen LogP contribution is -2.08. The highest BCUT2D eigenvalue weighted by Crippen LogP contribution is 2.26. The van der Waals surface area contributed by atoms with Gasteiger partial charge in [-0.2, -0.15) is 0 Å². The second kappa shape index (κ2) is 5.56. The Labute approximate surface area is 97.3 Å². The van der Waals surface area contributed by atoms with Crippen LogP contribution >= 0.6 is 15.9 Å². The zero-order valence-corrected chi connectivity index (χ0v) is 10.2. The van der Waals surface area contributed by atoms with Crippen LogP contribution in [0.3, 0.4) is 0 Å². The number of rotatable bonds is 3. The summed E-state index contributed by atoms with van der Waals surface area (Å²) in [6.07, 6.45) is 3.15. The quantitative estimate of drug-likeness (QED) is 0.857. The molecule has 0 spiro atoms. The number of amides is 1. The molecule has 0 aliphatic heterocycles. The molecule has 0 bridgehead atoms. The molecule has 3 nitrogen and oxygen atoms in total. The van der Waals surface area contributed by atoms with Crippen molar-refractivity contribution in [1.29, 1.82) is 0 Å². The zero-order valence-electron chi connectivity index (χ0n) is 8.58. The van der Waals surface area contributed by atoms with Crippen molar-refractivity contribution in [2.75, 3.05) is 12.4 Å². The van der Waals surface area contributed by atoms with E-state index in [2.05, 4.69) is 21.2 Å². The molecular formula is C11H12BrNO2. The molecule has 0 heterocycles. The molecule has 80 valence electrons. The first-order chi connectivity index (χ1) is 7.17. The van der Waals surface area contributed by atoms with E-state index in [-0.39, 0.29) is 5.91 Å². The Balaban J connectivity index is 2.88. The zero-order chi connectivity index (χ0) is 11.3. The number of methoxy groups -OCH3 is 1. The van der Waals surface area contributed by atoms with Crippen molar-refractivity contribution in [3.05, 3.63) is 34.8 Å². The fraction of sp³-hybridized carbons (Fsp3) is 0.182. The molecule has 15 heavy (non-hydrogen) atoms. The van der Waals surface area contributed by atoms with Crippen LogP contribution in [0.5, 0.6) is 5.75 Å². The minimum absolute atomic E-state index is 0.161. The van der Waals surface area contributed by atoms with Crippen LogP contribution in [0, 0.1) is 0 Å². The first-order valence-electron chi connectivity index (χ1n) is 4.44. The topological polar surface area (TPSA) is 38.3 Å². The SMILES string of the molecule is C/C=C/C(=O)Nc1cc(OC)ccc1Br. The average Bonchev–Trinajstić information content (AvgIpc) is 2.21. The van der Waals surface area contributed by atoms with E-state index in [0.29, 0.717) is 11.4 Å². The summed E-state index contributed by atoms with van der Waals surface area (Å²) in [6, 6.07) is 5.39. The molecule has 1 aromatic carbocycles. The molecule has 4 heteroatoms. The smallest absolute Gasteiger partial charge is 0.248 e. The summed E-state index contributed by atoms with van der Waals surface area (Å²) in [7, 11) is 1.58. The highest BCUT2D eigenvalue weighted by molar-refractivity contribution is 9.10. The standard InChI is InChI=1S/C11H12BrNO2/c1-3-4-11(14)13-10-7-8(15-2)5-6-9(10)12/h3-7H,1-2H3,(H,13,14)/b4-3+. The Morgan fingerprint density at radius 1 is 1.53 bits per heavy atom. The first-order valence-corrected chi connectivity index (χ1v) is 5.24. The number of anilines is 1. The van der Waals surface area contributed by atoms with E-state index in [1.165, 1.54) is 6.08 Å². The third kappa shape index (κ3) is 3.40. The van der Waals surface area contributed by atoms with Crippen LogP contribution in [0.4, 0.5) is 5.69 Å². The molecule has 0 fully saturated rings. The molecule has 0 aliphatic carbocycles. The van der Waals surface area contributed by atoms with Crippen molar-refractivity contribution in [2.45, 2.75) is 6.92 Å². The summed E-state index contributed by atoms with van der Waals surface area (Å²) >= 11 is 3.34. The van der Waals surface area contributed by atoms with Gasteiger partial charge in [0.2, 0.25) is 5.91 Å². The summed E-state index contributed by atoms with van der Waals surface area (Å²) in [6.45, 7) is 1.79. The maximum absolute atomic E-state index is 11.3. The average molecular weight is 270 g/mol. The van der Waals surface area contributed by atoms with Crippen molar-refractivity contribution >= 4 is 27.5 Å². The molecule has 0 aliphatic rings. The Kier molecular flexibility index (Phi) is 4.37. The van der Waals surface area contributed by atoms with Gasteiger partial charge in [-0.05, 0) is 41.1 Å². The monoisotopic (exact) mass is 269 g/mol. The highest BCUT2D eigenvalue weighted by atomic mass is 79.9. The number of halogens is 1. The van der Waals surface area contributed by atoms with Gasteiger partial charge in [0.25, 0.3) is 0 Å². The largest absolute Gasteiger partial charge is 0.497 e. The van der Waals surface area contributed by atoms with E-state index >= 15 is 0 Å². The van der Waals surface area contributed by atoms with Gasteiger partial charge in [0.1, 0.15) is 5.75 Å². The Hall–Kier alpha value is -1.29. The number of carbonyl (C=O) groups is 1. The minimum atomic E-state index is -0.161.